The maximum absolute atomic E-state index is 12.6. The van der Waals surface area contributed by atoms with Gasteiger partial charge in [0, 0.05) is 17.7 Å². The molecule has 1 saturated carbocycles. The molecular formula is C18H17N5O2. The molecule has 0 radical (unpaired) electrons. The monoisotopic (exact) mass is 335 g/mol. The second kappa shape index (κ2) is 6.43. The summed E-state index contributed by atoms with van der Waals surface area (Å²) >= 11 is 0. The molecule has 2 aromatic heterocycles. The lowest BCUT2D eigenvalue weighted by Crippen LogP contribution is -2.24. The normalized spacial score (nSPS) is 13.6. The molecule has 1 N–H and O–H groups in total. The highest BCUT2D eigenvalue weighted by Crippen LogP contribution is 2.38. The highest BCUT2D eigenvalue weighted by Gasteiger charge is 2.29. The Labute approximate surface area is 144 Å². The molecule has 0 bridgehead atoms. The largest absolute Gasteiger partial charge is 0.344 e. The van der Waals surface area contributed by atoms with Crippen molar-refractivity contribution in [2.45, 2.75) is 32.2 Å². The summed E-state index contributed by atoms with van der Waals surface area (Å²) < 4.78 is 5.20. The molecule has 4 rings (SSSR count). The maximum atomic E-state index is 12.6. The summed E-state index contributed by atoms with van der Waals surface area (Å²) in [4.78, 5) is 25.5. The topological polar surface area (TPSA) is 93.8 Å². The molecule has 0 aliphatic heterocycles. The quantitative estimate of drug-likeness (QED) is 0.770. The number of nitrogens with one attached hydrogen (secondary N) is 1. The maximum Gasteiger partial charge on any atom is 0.255 e. The predicted octanol–water partition coefficient (Wildman–Crippen LogP) is 2.64. The predicted molar refractivity (Wildman–Crippen MR) is 89.6 cm³/mol. The lowest BCUT2D eigenvalue weighted by atomic mass is 10.1. The van der Waals surface area contributed by atoms with Crippen molar-refractivity contribution in [1.82, 2.24) is 25.4 Å². The van der Waals surface area contributed by atoms with E-state index in [0.29, 0.717) is 34.7 Å². The second-order valence-electron chi connectivity index (χ2n) is 6.05. The van der Waals surface area contributed by atoms with Crippen LogP contribution in [0.25, 0.3) is 11.3 Å². The minimum atomic E-state index is -0.267. The van der Waals surface area contributed by atoms with Gasteiger partial charge in [0.05, 0.1) is 17.8 Å². The number of amides is 1. The third-order valence-corrected chi connectivity index (χ3v) is 4.02. The summed E-state index contributed by atoms with van der Waals surface area (Å²) in [6, 6.07) is 9.57. The standard InChI is InChI=1S/C18H17N5O2/c1-11-19-9-14(16(21-11)12-5-3-2-4-6-12)17(24)20-10-15-22-18(25-23-15)13-7-8-13/h2-6,9,13H,7-8,10H2,1H3,(H,20,24). The second-order valence-corrected chi connectivity index (χ2v) is 6.05. The van der Waals surface area contributed by atoms with E-state index in [-0.39, 0.29) is 12.5 Å². The van der Waals surface area contributed by atoms with Crippen molar-refractivity contribution in [3.05, 3.63) is 59.6 Å². The van der Waals surface area contributed by atoms with Crippen LogP contribution in [-0.2, 0) is 6.54 Å². The van der Waals surface area contributed by atoms with Crippen molar-refractivity contribution in [3.63, 3.8) is 0 Å². The summed E-state index contributed by atoms with van der Waals surface area (Å²) in [5, 5.41) is 6.72. The van der Waals surface area contributed by atoms with Gasteiger partial charge in [-0.25, -0.2) is 9.97 Å². The van der Waals surface area contributed by atoms with Crippen molar-refractivity contribution in [2.75, 3.05) is 0 Å². The van der Waals surface area contributed by atoms with E-state index in [2.05, 4.69) is 25.4 Å². The van der Waals surface area contributed by atoms with Crippen molar-refractivity contribution in [1.29, 1.82) is 0 Å². The number of aryl methyl sites for hydroxylation is 1. The molecule has 3 aromatic rings. The van der Waals surface area contributed by atoms with Gasteiger partial charge < -0.3 is 9.84 Å². The Bertz CT molecular complexity index is 903. The van der Waals surface area contributed by atoms with Gasteiger partial charge in [-0.05, 0) is 19.8 Å². The molecule has 1 amide bonds. The smallest absolute Gasteiger partial charge is 0.255 e. The molecule has 1 fully saturated rings. The van der Waals surface area contributed by atoms with Crippen LogP contribution in [0.5, 0.6) is 0 Å². The zero-order valence-corrected chi connectivity index (χ0v) is 13.8. The van der Waals surface area contributed by atoms with Crippen LogP contribution in [-0.4, -0.2) is 26.0 Å². The highest BCUT2D eigenvalue weighted by atomic mass is 16.5. The van der Waals surface area contributed by atoms with Gasteiger partial charge in [0.15, 0.2) is 5.82 Å². The summed E-state index contributed by atoms with van der Waals surface area (Å²) in [6.07, 6.45) is 3.73. The van der Waals surface area contributed by atoms with Crippen molar-refractivity contribution in [2.24, 2.45) is 0 Å². The van der Waals surface area contributed by atoms with Gasteiger partial charge in [0.2, 0.25) is 5.89 Å². The molecule has 7 nitrogen and oxygen atoms in total. The van der Waals surface area contributed by atoms with Gasteiger partial charge in [0.1, 0.15) is 5.82 Å². The molecule has 0 unspecified atom stereocenters. The average Bonchev–Trinajstić information content (AvgIpc) is 3.39. The first-order valence-electron chi connectivity index (χ1n) is 8.20. The minimum Gasteiger partial charge on any atom is -0.344 e. The summed E-state index contributed by atoms with van der Waals surface area (Å²) in [5.74, 6) is 1.88. The molecule has 0 atom stereocenters. The fourth-order valence-corrected chi connectivity index (χ4v) is 2.54. The Hall–Kier alpha value is -3.09. The highest BCUT2D eigenvalue weighted by molar-refractivity contribution is 5.99. The fourth-order valence-electron chi connectivity index (χ4n) is 2.54. The number of benzene rings is 1. The number of carbonyl (C=O) groups excluding carboxylic acids is 1. The van der Waals surface area contributed by atoms with Crippen LogP contribution in [0.2, 0.25) is 0 Å². The van der Waals surface area contributed by atoms with Crippen molar-refractivity contribution < 1.29 is 9.32 Å². The van der Waals surface area contributed by atoms with E-state index in [0.717, 1.165) is 18.4 Å². The Balaban J connectivity index is 1.53. The first-order valence-corrected chi connectivity index (χ1v) is 8.20. The Morgan fingerprint density at radius 3 is 2.80 bits per heavy atom. The zero-order chi connectivity index (χ0) is 17.2. The van der Waals surface area contributed by atoms with E-state index in [1.54, 1.807) is 13.1 Å². The number of carbonyl (C=O) groups is 1. The summed E-state index contributed by atoms with van der Waals surface area (Å²) in [7, 11) is 0. The van der Waals surface area contributed by atoms with Gasteiger partial charge in [-0.15, -0.1) is 0 Å². The van der Waals surface area contributed by atoms with Crippen LogP contribution < -0.4 is 5.32 Å². The number of rotatable bonds is 5. The Morgan fingerprint density at radius 1 is 1.24 bits per heavy atom. The Morgan fingerprint density at radius 2 is 2.04 bits per heavy atom. The molecule has 7 heteroatoms. The number of hydrogen-bond donors (Lipinski definition) is 1. The SMILES string of the molecule is Cc1ncc(C(=O)NCc2noc(C3CC3)n2)c(-c2ccccc2)n1. The average molecular weight is 335 g/mol. The molecule has 126 valence electrons. The lowest BCUT2D eigenvalue weighted by molar-refractivity contribution is 0.0949. The Kier molecular flexibility index (Phi) is 3.97. The van der Waals surface area contributed by atoms with Crippen molar-refractivity contribution >= 4 is 5.91 Å². The van der Waals surface area contributed by atoms with Crippen LogP contribution in [0.3, 0.4) is 0 Å². The van der Waals surface area contributed by atoms with E-state index >= 15 is 0 Å². The number of hydrogen-bond acceptors (Lipinski definition) is 6. The number of aromatic nitrogens is 4. The summed E-state index contributed by atoms with van der Waals surface area (Å²) in [6.45, 7) is 2.00. The van der Waals surface area contributed by atoms with Gasteiger partial charge in [0.25, 0.3) is 5.91 Å². The zero-order valence-electron chi connectivity index (χ0n) is 13.8. The van der Waals surface area contributed by atoms with E-state index < -0.39 is 0 Å². The summed E-state index contributed by atoms with van der Waals surface area (Å²) in [5.41, 5.74) is 1.90. The molecule has 1 aliphatic rings. The van der Waals surface area contributed by atoms with E-state index in [4.69, 9.17) is 4.52 Å². The number of nitrogens with zero attached hydrogens (tertiary/aromatic N) is 4. The van der Waals surface area contributed by atoms with Gasteiger partial charge in [-0.2, -0.15) is 4.98 Å². The third-order valence-electron chi connectivity index (χ3n) is 4.02. The first-order chi connectivity index (χ1) is 12.2. The third kappa shape index (κ3) is 3.40. The molecule has 2 heterocycles. The van der Waals surface area contributed by atoms with Crippen LogP contribution in [0, 0.1) is 6.92 Å². The molecule has 1 aromatic carbocycles. The van der Waals surface area contributed by atoms with Crippen molar-refractivity contribution in [3.8, 4) is 11.3 Å². The molecule has 25 heavy (non-hydrogen) atoms. The van der Waals surface area contributed by atoms with Gasteiger partial charge >= 0.3 is 0 Å². The lowest BCUT2D eigenvalue weighted by Gasteiger charge is -2.09. The van der Waals surface area contributed by atoms with Crippen LogP contribution in [0.4, 0.5) is 0 Å². The molecule has 1 aliphatic carbocycles. The fraction of sp³-hybridized carbons (Fsp3) is 0.278. The van der Waals surface area contributed by atoms with E-state index in [9.17, 15) is 4.79 Å². The van der Waals surface area contributed by atoms with E-state index in [1.165, 1.54) is 0 Å². The van der Waals surface area contributed by atoms with E-state index in [1.807, 2.05) is 30.3 Å². The van der Waals surface area contributed by atoms with Gasteiger partial charge in [-0.3, -0.25) is 4.79 Å². The molecule has 0 saturated heterocycles. The molecular weight excluding hydrogens is 318 g/mol. The van der Waals surface area contributed by atoms with Crippen LogP contribution in [0.15, 0.2) is 41.1 Å². The van der Waals surface area contributed by atoms with Gasteiger partial charge in [-0.1, -0.05) is 35.5 Å². The minimum absolute atomic E-state index is 0.206. The molecule has 0 spiro atoms. The first kappa shape index (κ1) is 15.4. The van der Waals surface area contributed by atoms with Crippen LogP contribution >= 0.6 is 0 Å². The van der Waals surface area contributed by atoms with Crippen LogP contribution in [0.1, 0.15) is 46.7 Å².